The Kier molecular flexibility index (Phi) is 7.23. The second kappa shape index (κ2) is 9.17. The van der Waals surface area contributed by atoms with Gasteiger partial charge in [0, 0.05) is 25.6 Å². The van der Waals surface area contributed by atoms with Gasteiger partial charge in [-0.2, -0.15) is 0 Å². The summed E-state index contributed by atoms with van der Waals surface area (Å²) in [6, 6.07) is 17.5. The van der Waals surface area contributed by atoms with Gasteiger partial charge in [-0.15, -0.1) is 24.0 Å². The molecular weight excluding hydrogens is 428 g/mol. The summed E-state index contributed by atoms with van der Waals surface area (Å²) in [5.41, 5.74) is 2.35. The second-order valence-electron chi connectivity index (χ2n) is 6.34. The van der Waals surface area contributed by atoms with Gasteiger partial charge >= 0.3 is 0 Å². The van der Waals surface area contributed by atoms with Crippen molar-refractivity contribution in [2.24, 2.45) is 4.99 Å². The molecule has 0 heterocycles. The lowest BCUT2D eigenvalue weighted by molar-refractivity contribution is 0.605. The molecule has 3 rings (SSSR count). The average Bonchev–Trinajstić information content (AvgIpc) is 3.41. The van der Waals surface area contributed by atoms with E-state index in [-0.39, 0.29) is 35.2 Å². The zero-order chi connectivity index (χ0) is 16.8. The molecule has 0 radical (unpaired) electrons. The van der Waals surface area contributed by atoms with Gasteiger partial charge in [0.1, 0.15) is 5.82 Å². The predicted molar refractivity (Wildman–Crippen MR) is 112 cm³/mol. The molecule has 25 heavy (non-hydrogen) atoms. The first-order valence-electron chi connectivity index (χ1n) is 8.47. The van der Waals surface area contributed by atoms with Crippen LogP contribution in [0.25, 0.3) is 0 Å². The van der Waals surface area contributed by atoms with Crippen LogP contribution in [0.15, 0.2) is 59.6 Å². The molecule has 5 heteroatoms. The van der Waals surface area contributed by atoms with Crippen LogP contribution in [0.3, 0.4) is 0 Å². The number of nitrogens with one attached hydrogen (secondary N) is 2. The highest BCUT2D eigenvalue weighted by Crippen LogP contribution is 2.47. The molecule has 1 aliphatic carbocycles. The summed E-state index contributed by atoms with van der Waals surface area (Å²) in [5.74, 6) is 0.622. The topological polar surface area (TPSA) is 36.4 Å². The van der Waals surface area contributed by atoms with Crippen LogP contribution in [0.5, 0.6) is 0 Å². The molecule has 0 unspecified atom stereocenters. The maximum absolute atomic E-state index is 13.6. The monoisotopic (exact) mass is 453 g/mol. The van der Waals surface area contributed by atoms with Crippen LogP contribution < -0.4 is 10.6 Å². The maximum atomic E-state index is 13.6. The van der Waals surface area contributed by atoms with Crippen molar-refractivity contribution in [1.29, 1.82) is 0 Å². The third-order valence-corrected chi connectivity index (χ3v) is 4.70. The van der Waals surface area contributed by atoms with Gasteiger partial charge < -0.3 is 10.6 Å². The molecule has 2 N–H and O–H groups in total. The Labute approximate surface area is 166 Å². The Hall–Kier alpha value is -1.63. The van der Waals surface area contributed by atoms with Crippen LogP contribution in [0.2, 0.25) is 0 Å². The first-order valence-corrected chi connectivity index (χ1v) is 8.47. The van der Waals surface area contributed by atoms with E-state index in [0.29, 0.717) is 13.0 Å². The minimum Gasteiger partial charge on any atom is -0.356 e. The molecule has 0 bridgehead atoms. The summed E-state index contributed by atoms with van der Waals surface area (Å²) >= 11 is 0. The smallest absolute Gasteiger partial charge is 0.191 e. The fourth-order valence-corrected chi connectivity index (χ4v) is 3.00. The molecule has 134 valence electrons. The van der Waals surface area contributed by atoms with Crippen molar-refractivity contribution < 1.29 is 4.39 Å². The second-order valence-corrected chi connectivity index (χ2v) is 6.34. The Bertz CT molecular complexity index is 699. The largest absolute Gasteiger partial charge is 0.356 e. The minimum atomic E-state index is -0.150. The predicted octanol–water partition coefficient (Wildman–Crippen LogP) is 3.88. The average molecular weight is 453 g/mol. The molecular formula is C20H25FIN3. The molecule has 0 saturated heterocycles. The molecule has 0 atom stereocenters. The molecule has 0 spiro atoms. The Morgan fingerprint density at radius 1 is 1.04 bits per heavy atom. The van der Waals surface area contributed by atoms with Crippen molar-refractivity contribution in [2.75, 3.05) is 20.1 Å². The third kappa shape index (κ3) is 5.17. The zero-order valence-electron chi connectivity index (χ0n) is 14.5. The van der Waals surface area contributed by atoms with E-state index >= 15 is 0 Å². The van der Waals surface area contributed by atoms with Crippen molar-refractivity contribution >= 4 is 29.9 Å². The van der Waals surface area contributed by atoms with E-state index in [1.54, 1.807) is 13.1 Å². The van der Waals surface area contributed by atoms with Crippen molar-refractivity contribution in [1.82, 2.24) is 10.6 Å². The van der Waals surface area contributed by atoms with E-state index in [0.717, 1.165) is 18.1 Å². The molecule has 0 aliphatic heterocycles. The SMILES string of the molecule is CN=C(NCCc1ccccc1F)NCC1(c2ccccc2)CC1.I. The van der Waals surface area contributed by atoms with Crippen molar-refractivity contribution in [3.05, 3.63) is 71.5 Å². The van der Waals surface area contributed by atoms with E-state index in [2.05, 4.69) is 46.0 Å². The number of halogens is 2. The summed E-state index contributed by atoms with van der Waals surface area (Å²) in [5, 5.41) is 6.69. The molecule has 1 saturated carbocycles. The first kappa shape index (κ1) is 19.7. The third-order valence-electron chi connectivity index (χ3n) is 4.70. The summed E-state index contributed by atoms with van der Waals surface area (Å²) < 4.78 is 13.6. The summed E-state index contributed by atoms with van der Waals surface area (Å²) in [7, 11) is 1.76. The molecule has 1 fully saturated rings. The van der Waals surface area contributed by atoms with Gasteiger partial charge in [-0.3, -0.25) is 4.99 Å². The molecule has 0 aromatic heterocycles. The molecule has 0 amide bonds. The number of nitrogens with zero attached hydrogens (tertiary/aromatic N) is 1. The minimum absolute atomic E-state index is 0. The zero-order valence-corrected chi connectivity index (χ0v) is 16.8. The van der Waals surface area contributed by atoms with Crippen molar-refractivity contribution in [3.63, 3.8) is 0 Å². The lowest BCUT2D eigenvalue weighted by Crippen LogP contribution is -2.42. The lowest BCUT2D eigenvalue weighted by Gasteiger charge is -2.19. The normalized spacial score (nSPS) is 15.2. The molecule has 1 aliphatic rings. The first-order chi connectivity index (χ1) is 11.7. The van der Waals surface area contributed by atoms with Gasteiger partial charge in [0.05, 0.1) is 0 Å². The van der Waals surface area contributed by atoms with Crippen LogP contribution >= 0.6 is 24.0 Å². The van der Waals surface area contributed by atoms with Crippen LogP contribution in [0.4, 0.5) is 4.39 Å². The Morgan fingerprint density at radius 2 is 1.72 bits per heavy atom. The van der Waals surface area contributed by atoms with Gasteiger partial charge in [-0.05, 0) is 36.5 Å². The van der Waals surface area contributed by atoms with Gasteiger partial charge in [0.25, 0.3) is 0 Å². The van der Waals surface area contributed by atoms with Crippen LogP contribution in [-0.4, -0.2) is 26.1 Å². The van der Waals surface area contributed by atoms with Crippen LogP contribution in [0.1, 0.15) is 24.0 Å². The van der Waals surface area contributed by atoms with Gasteiger partial charge in [0.2, 0.25) is 0 Å². The van der Waals surface area contributed by atoms with E-state index in [1.807, 2.05) is 12.1 Å². The lowest BCUT2D eigenvalue weighted by atomic mass is 9.96. The summed E-state index contributed by atoms with van der Waals surface area (Å²) in [6.45, 7) is 1.52. The summed E-state index contributed by atoms with van der Waals surface area (Å²) in [6.07, 6.45) is 3.05. The maximum Gasteiger partial charge on any atom is 0.191 e. The Balaban J connectivity index is 0.00000225. The standard InChI is InChI=1S/C20H24FN3.HI/c1-22-19(23-14-11-16-7-5-6-10-18(16)21)24-15-20(12-13-20)17-8-3-2-4-9-17;/h2-10H,11-15H2,1H3,(H2,22,23,24);1H. The van der Waals surface area contributed by atoms with Crippen molar-refractivity contribution in [3.8, 4) is 0 Å². The highest BCUT2D eigenvalue weighted by atomic mass is 127. The van der Waals surface area contributed by atoms with E-state index in [4.69, 9.17) is 0 Å². The molecule has 2 aromatic rings. The quantitative estimate of drug-likeness (QED) is 0.396. The van der Waals surface area contributed by atoms with E-state index in [1.165, 1.54) is 24.5 Å². The number of rotatable bonds is 6. The van der Waals surface area contributed by atoms with Gasteiger partial charge in [0.15, 0.2) is 5.96 Å². The van der Waals surface area contributed by atoms with E-state index < -0.39 is 0 Å². The van der Waals surface area contributed by atoms with Crippen LogP contribution in [-0.2, 0) is 11.8 Å². The summed E-state index contributed by atoms with van der Waals surface area (Å²) in [4.78, 5) is 4.27. The Morgan fingerprint density at radius 3 is 2.36 bits per heavy atom. The molecule has 3 nitrogen and oxygen atoms in total. The number of benzene rings is 2. The number of hydrogen-bond donors (Lipinski definition) is 2. The van der Waals surface area contributed by atoms with Gasteiger partial charge in [-0.25, -0.2) is 4.39 Å². The highest BCUT2D eigenvalue weighted by molar-refractivity contribution is 14.0. The fraction of sp³-hybridized carbons (Fsp3) is 0.350. The fourth-order valence-electron chi connectivity index (χ4n) is 3.00. The van der Waals surface area contributed by atoms with Crippen LogP contribution in [0, 0.1) is 5.82 Å². The number of aliphatic imine (C=N–C) groups is 1. The highest BCUT2D eigenvalue weighted by Gasteiger charge is 2.43. The van der Waals surface area contributed by atoms with Crippen molar-refractivity contribution in [2.45, 2.75) is 24.7 Å². The number of guanidine groups is 1. The number of hydrogen-bond acceptors (Lipinski definition) is 1. The van der Waals surface area contributed by atoms with E-state index in [9.17, 15) is 4.39 Å². The van der Waals surface area contributed by atoms with Gasteiger partial charge in [-0.1, -0.05) is 48.5 Å². The molecule has 2 aromatic carbocycles.